The summed E-state index contributed by atoms with van der Waals surface area (Å²) in [5.41, 5.74) is 1.22. The van der Waals surface area contributed by atoms with Crippen molar-refractivity contribution in [2.45, 2.75) is 19.1 Å². The van der Waals surface area contributed by atoms with E-state index in [0.717, 1.165) is 19.6 Å². The van der Waals surface area contributed by atoms with Crippen molar-refractivity contribution < 1.29 is 22.7 Å². The van der Waals surface area contributed by atoms with Gasteiger partial charge in [0.1, 0.15) is 6.54 Å². The Labute approximate surface area is 185 Å². The molecule has 0 saturated heterocycles. The SMILES string of the molecule is O=C(Cn1cc(C2=CCOCC2)c(C(F)(F)F)n1)NC1=IC=C(c2cnccn2)C=C1. The van der Waals surface area contributed by atoms with Crippen LogP contribution in [0.4, 0.5) is 13.2 Å². The Morgan fingerprint density at radius 2 is 2.16 bits per heavy atom. The molecule has 0 atom stereocenters. The minimum atomic E-state index is -4.61. The van der Waals surface area contributed by atoms with E-state index in [9.17, 15) is 18.0 Å². The minimum Gasteiger partial charge on any atom is -0.377 e. The molecule has 2 aliphatic rings. The molecule has 1 N–H and O–H groups in total. The summed E-state index contributed by atoms with van der Waals surface area (Å²) in [4.78, 5) is 20.7. The quantitative estimate of drug-likeness (QED) is 0.586. The predicted octanol–water partition coefficient (Wildman–Crippen LogP) is 3.32. The number of ether oxygens (including phenoxy) is 1. The number of carbonyl (C=O) groups excluding carboxylic acids is 1. The van der Waals surface area contributed by atoms with Crippen molar-refractivity contribution in [1.29, 1.82) is 0 Å². The Bertz CT molecular complexity index is 1100. The molecular formula is C20H17F3IN5O2. The van der Waals surface area contributed by atoms with E-state index >= 15 is 0 Å². The van der Waals surface area contributed by atoms with Crippen LogP contribution >= 0.6 is 20.7 Å². The van der Waals surface area contributed by atoms with Crippen molar-refractivity contribution >= 4 is 41.4 Å². The first kappa shape index (κ1) is 21.6. The van der Waals surface area contributed by atoms with Gasteiger partial charge in [-0.2, -0.15) is 18.3 Å². The zero-order valence-corrected chi connectivity index (χ0v) is 18.2. The molecule has 0 bridgehead atoms. The van der Waals surface area contributed by atoms with Crippen LogP contribution in [-0.2, 0) is 22.3 Å². The van der Waals surface area contributed by atoms with Crippen molar-refractivity contribution in [3.05, 3.63) is 64.0 Å². The molecule has 0 aliphatic carbocycles. The van der Waals surface area contributed by atoms with Crippen LogP contribution in [0, 0.1) is 0 Å². The largest absolute Gasteiger partial charge is 0.435 e. The molecule has 4 rings (SSSR count). The van der Waals surface area contributed by atoms with Crippen LogP contribution in [-0.4, -0.2) is 42.5 Å². The number of nitrogens with zero attached hydrogens (tertiary/aromatic N) is 4. The van der Waals surface area contributed by atoms with E-state index in [1.165, 1.54) is 6.20 Å². The molecule has 0 fully saturated rings. The fourth-order valence-electron chi connectivity index (χ4n) is 3.05. The van der Waals surface area contributed by atoms with Gasteiger partial charge in [0.2, 0.25) is 5.91 Å². The maximum atomic E-state index is 13.4. The smallest absolute Gasteiger partial charge is 0.377 e. The number of alkyl halides is 3. The summed E-state index contributed by atoms with van der Waals surface area (Å²) >= 11 is -0.623. The number of carbonyl (C=O) groups is 1. The third-order valence-corrected chi connectivity index (χ3v) is 6.74. The molecule has 0 saturated carbocycles. The monoisotopic (exact) mass is 543 g/mol. The lowest BCUT2D eigenvalue weighted by Crippen LogP contribution is -2.31. The lowest BCUT2D eigenvalue weighted by Gasteiger charge is -2.14. The van der Waals surface area contributed by atoms with Gasteiger partial charge in [0.25, 0.3) is 0 Å². The molecule has 0 unspecified atom stereocenters. The molecule has 1 amide bonds. The molecule has 162 valence electrons. The third kappa shape index (κ3) is 5.34. The van der Waals surface area contributed by atoms with Crippen molar-refractivity contribution in [2.24, 2.45) is 0 Å². The van der Waals surface area contributed by atoms with Crippen LogP contribution in [0.2, 0.25) is 0 Å². The summed E-state index contributed by atoms with van der Waals surface area (Å²) in [7, 11) is 0. The first-order valence-electron chi connectivity index (χ1n) is 9.27. The highest BCUT2D eigenvalue weighted by molar-refractivity contribution is 14.2. The van der Waals surface area contributed by atoms with Gasteiger partial charge in [0.15, 0.2) is 5.69 Å². The van der Waals surface area contributed by atoms with Gasteiger partial charge < -0.3 is 10.1 Å². The first-order chi connectivity index (χ1) is 14.9. The van der Waals surface area contributed by atoms with Gasteiger partial charge >= 0.3 is 6.18 Å². The van der Waals surface area contributed by atoms with Gasteiger partial charge in [-0.15, -0.1) is 0 Å². The van der Waals surface area contributed by atoms with E-state index in [0.29, 0.717) is 18.6 Å². The molecule has 2 aliphatic heterocycles. The second-order valence-corrected chi connectivity index (χ2v) is 9.04. The second-order valence-electron chi connectivity index (χ2n) is 6.63. The highest BCUT2D eigenvalue weighted by Gasteiger charge is 2.38. The normalized spacial score (nSPS) is 16.7. The Morgan fingerprint density at radius 1 is 1.29 bits per heavy atom. The maximum Gasteiger partial charge on any atom is 0.435 e. The zero-order valence-electron chi connectivity index (χ0n) is 16.1. The molecule has 11 heteroatoms. The van der Waals surface area contributed by atoms with Crippen molar-refractivity contribution in [3.8, 4) is 0 Å². The molecule has 0 spiro atoms. The average molecular weight is 543 g/mol. The van der Waals surface area contributed by atoms with E-state index in [1.54, 1.807) is 30.7 Å². The van der Waals surface area contributed by atoms with Gasteiger partial charge in [-0.1, -0.05) is 26.8 Å². The highest BCUT2D eigenvalue weighted by atomic mass is 127. The van der Waals surface area contributed by atoms with Crippen LogP contribution in [0.3, 0.4) is 0 Å². The predicted molar refractivity (Wildman–Crippen MR) is 117 cm³/mol. The summed E-state index contributed by atoms with van der Waals surface area (Å²) < 4.78 is 49.3. The lowest BCUT2D eigenvalue weighted by molar-refractivity contribution is -0.142. The first-order valence-corrected chi connectivity index (χ1v) is 11.6. The molecule has 2 aromatic rings. The van der Waals surface area contributed by atoms with Gasteiger partial charge in [0.05, 0.1) is 28.7 Å². The number of allylic oxidation sites excluding steroid dienone is 2. The number of hydrogen-bond acceptors (Lipinski definition) is 5. The van der Waals surface area contributed by atoms with Gasteiger partial charge in [-0.05, 0) is 28.2 Å². The number of aromatic nitrogens is 4. The van der Waals surface area contributed by atoms with Crippen molar-refractivity contribution in [2.75, 3.05) is 13.2 Å². The molecular weight excluding hydrogens is 526 g/mol. The molecule has 31 heavy (non-hydrogen) atoms. The Balaban J connectivity index is 1.46. The summed E-state index contributed by atoms with van der Waals surface area (Å²) in [6, 6.07) is 0. The Kier molecular flexibility index (Phi) is 6.41. The fourth-order valence-corrected chi connectivity index (χ4v) is 5.09. The van der Waals surface area contributed by atoms with Crippen molar-refractivity contribution in [1.82, 2.24) is 25.1 Å². The summed E-state index contributed by atoms with van der Waals surface area (Å²) in [6.07, 6.45) is 7.13. The number of amides is 1. The van der Waals surface area contributed by atoms with Crippen LogP contribution in [0.15, 0.2) is 47.1 Å². The third-order valence-electron chi connectivity index (χ3n) is 4.46. The summed E-state index contributed by atoms with van der Waals surface area (Å²) in [5.74, 6) is -0.431. The Morgan fingerprint density at radius 3 is 2.81 bits per heavy atom. The molecule has 0 radical (unpaired) electrons. The van der Waals surface area contributed by atoms with Gasteiger partial charge in [-0.25, -0.2) is 0 Å². The van der Waals surface area contributed by atoms with Crippen LogP contribution in [0.1, 0.15) is 23.4 Å². The van der Waals surface area contributed by atoms with Gasteiger partial charge in [0, 0.05) is 29.7 Å². The van der Waals surface area contributed by atoms with Gasteiger partial charge in [-0.3, -0.25) is 19.4 Å². The number of rotatable bonds is 5. The van der Waals surface area contributed by atoms with E-state index < -0.39 is 38.5 Å². The minimum absolute atomic E-state index is 0.00205. The van der Waals surface area contributed by atoms with Crippen LogP contribution < -0.4 is 5.32 Å². The summed E-state index contributed by atoms with van der Waals surface area (Å²) in [5, 5.41) is 6.41. The van der Waals surface area contributed by atoms with Crippen LogP contribution in [0.25, 0.3) is 11.1 Å². The van der Waals surface area contributed by atoms with Crippen molar-refractivity contribution in [3.63, 3.8) is 0 Å². The Hall–Kier alpha value is -2.67. The number of hydrogen-bond donors (Lipinski definition) is 1. The number of halogens is 4. The van der Waals surface area contributed by atoms with E-state index in [2.05, 4.69) is 20.4 Å². The molecule has 4 heterocycles. The topological polar surface area (TPSA) is 81.9 Å². The van der Waals surface area contributed by atoms with E-state index in [1.807, 2.05) is 10.2 Å². The molecule has 0 aromatic carbocycles. The summed E-state index contributed by atoms with van der Waals surface area (Å²) in [6.45, 7) is 0.304. The zero-order chi connectivity index (χ0) is 21.8. The molecule has 7 nitrogen and oxygen atoms in total. The molecule has 2 aromatic heterocycles. The maximum absolute atomic E-state index is 13.4. The fraction of sp³-hybridized carbons (Fsp3) is 0.250. The second kappa shape index (κ2) is 9.22. The standard InChI is InChI=1S/C20H17F3IN5O2/c21-20(22,23)19-15(13-3-7-31-8-4-13)11-29(28-19)12-18(30)27-17-2-1-14(9-24-17)16-10-25-5-6-26-16/h1-3,5-6,9-11H,4,7-8,12H2,(H,27,30). The van der Waals surface area contributed by atoms with Crippen LogP contribution in [0.5, 0.6) is 0 Å². The average Bonchev–Trinajstić information content (AvgIpc) is 3.20. The van der Waals surface area contributed by atoms with E-state index in [4.69, 9.17) is 4.74 Å². The number of nitrogens with one attached hydrogen (secondary N) is 1. The highest BCUT2D eigenvalue weighted by Crippen LogP contribution is 2.35. The van der Waals surface area contributed by atoms with E-state index in [-0.39, 0.29) is 18.7 Å². The lowest BCUT2D eigenvalue weighted by atomic mass is 10.0.